The van der Waals surface area contributed by atoms with Crippen molar-refractivity contribution in [2.45, 2.75) is 6.04 Å². The molecule has 0 bridgehead atoms. The lowest BCUT2D eigenvalue weighted by Crippen LogP contribution is -2.38. The Bertz CT molecular complexity index is 148. The molecule has 0 fully saturated rings. The summed E-state index contributed by atoms with van der Waals surface area (Å²) in [5.74, 6) is -1.41. The fourth-order valence-corrected chi connectivity index (χ4v) is 1.02. The van der Waals surface area contributed by atoms with Crippen LogP contribution in [0.25, 0.3) is 0 Å². The first kappa shape index (κ1) is 9.54. The van der Waals surface area contributed by atoms with Crippen molar-refractivity contribution >= 4 is 17.0 Å². The van der Waals surface area contributed by atoms with E-state index in [1.807, 2.05) is 0 Å². The van der Waals surface area contributed by atoms with Gasteiger partial charge in [-0.15, -0.1) is 0 Å². The van der Waals surface area contributed by atoms with Crippen molar-refractivity contribution in [1.82, 2.24) is 5.32 Å². The van der Waals surface area contributed by atoms with Crippen LogP contribution in [0, 0.1) is 0 Å². The Labute approximate surface area is 60.7 Å². The van der Waals surface area contributed by atoms with E-state index in [1.165, 1.54) is 7.05 Å². The third-order valence-corrected chi connectivity index (χ3v) is 1.57. The first-order valence-electron chi connectivity index (χ1n) is 2.55. The molecule has 0 aromatic heterocycles. The summed E-state index contributed by atoms with van der Waals surface area (Å²) in [5.41, 5.74) is 0. The van der Waals surface area contributed by atoms with Crippen molar-refractivity contribution in [3.8, 4) is 0 Å². The molecule has 2 atom stereocenters. The Morgan fingerprint density at radius 2 is 2.30 bits per heavy atom. The quantitative estimate of drug-likeness (QED) is 0.462. The highest BCUT2D eigenvalue weighted by Crippen LogP contribution is 1.85. The summed E-state index contributed by atoms with van der Waals surface area (Å²) in [7, 11) is 1.42. The maximum Gasteiger partial charge on any atom is 0.321 e. The lowest BCUT2D eigenvalue weighted by molar-refractivity contribution is -0.138. The average molecular weight is 167 g/mol. The molecule has 0 amide bonds. The SMILES string of the molecule is CN[C@@H](CS(=O)O)C(=O)O. The maximum atomic E-state index is 10.2. The van der Waals surface area contributed by atoms with Gasteiger partial charge in [0.2, 0.25) is 0 Å². The molecule has 3 N–H and O–H groups in total. The second-order valence-electron chi connectivity index (χ2n) is 1.67. The van der Waals surface area contributed by atoms with Gasteiger partial charge in [-0.2, -0.15) is 0 Å². The summed E-state index contributed by atoms with van der Waals surface area (Å²) in [6.07, 6.45) is 0. The number of hydrogen-bond acceptors (Lipinski definition) is 3. The molecular weight excluding hydrogens is 158 g/mol. The number of rotatable bonds is 4. The number of aliphatic carboxylic acids is 1. The van der Waals surface area contributed by atoms with E-state index in [0.717, 1.165) is 0 Å². The molecule has 5 nitrogen and oxygen atoms in total. The van der Waals surface area contributed by atoms with E-state index in [2.05, 4.69) is 5.32 Å². The van der Waals surface area contributed by atoms with Gasteiger partial charge >= 0.3 is 5.97 Å². The third-order valence-electron chi connectivity index (χ3n) is 0.956. The standard InChI is InChI=1S/C4H9NO4S/c1-5-3(4(6)7)2-10(8)9/h3,5H,2H2,1H3,(H,6,7)(H,8,9)/t3-/m0/s1. The Morgan fingerprint density at radius 3 is 2.40 bits per heavy atom. The van der Waals surface area contributed by atoms with E-state index in [4.69, 9.17) is 9.66 Å². The minimum absolute atomic E-state index is 0.286. The molecule has 0 aromatic carbocycles. The summed E-state index contributed by atoms with van der Waals surface area (Å²) < 4.78 is 18.4. The summed E-state index contributed by atoms with van der Waals surface area (Å²) in [4.78, 5) is 10.2. The molecular formula is C4H9NO4S. The molecule has 1 unspecified atom stereocenters. The van der Waals surface area contributed by atoms with Gasteiger partial charge in [-0.05, 0) is 7.05 Å². The van der Waals surface area contributed by atoms with Crippen molar-refractivity contribution in [3.05, 3.63) is 0 Å². The van der Waals surface area contributed by atoms with Gasteiger partial charge in [0, 0.05) is 0 Å². The second kappa shape index (κ2) is 4.37. The normalized spacial score (nSPS) is 16.2. The fourth-order valence-electron chi connectivity index (χ4n) is 0.421. The number of likely N-dealkylation sites (N-methyl/N-ethyl adjacent to an activating group) is 1. The minimum Gasteiger partial charge on any atom is -0.480 e. The van der Waals surface area contributed by atoms with Gasteiger partial charge in [0.25, 0.3) is 0 Å². The van der Waals surface area contributed by atoms with E-state index in [-0.39, 0.29) is 5.75 Å². The largest absolute Gasteiger partial charge is 0.480 e. The maximum absolute atomic E-state index is 10.2. The van der Waals surface area contributed by atoms with Crippen molar-refractivity contribution in [3.63, 3.8) is 0 Å². The van der Waals surface area contributed by atoms with Crippen LogP contribution in [0.5, 0.6) is 0 Å². The molecule has 0 saturated carbocycles. The van der Waals surface area contributed by atoms with Crippen LogP contribution in [-0.2, 0) is 15.9 Å². The number of carbonyl (C=O) groups is 1. The first-order valence-corrected chi connectivity index (χ1v) is 3.83. The zero-order chi connectivity index (χ0) is 8.15. The molecule has 0 aliphatic heterocycles. The van der Waals surface area contributed by atoms with Crippen LogP contribution in [-0.4, -0.2) is 38.7 Å². The van der Waals surface area contributed by atoms with E-state index in [0.29, 0.717) is 0 Å². The molecule has 6 heteroatoms. The molecule has 0 aromatic rings. The van der Waals surface area contributed by atoms with E-state index in [1.54, 1.807) is 0 Å². The molecule has 0 aliphatic rings. The zero-order valence-corrected chi connectivity index (χ0v) is 6.22. The van der Waals surface area contributed by atoms with Crippen LogP contribution < -0.4 is 5.32 Å². The van der Waals surface area contributed by atoms with E-state index < -0.39 is 23.1 Å². The van der Waals surface area contributed by atoms with Gasteiger partial charge in [0.05, 0.1) is 5.75 Å². The molecule has 0 radical (unpaired) electrons. The van der Waals surface area contributed by atoms with Gasteiger partial charge in [-0.3, -0.25) is 4.79 Å². The number of carboxylic acids is 1. The Morgan fingerprint density at radius 1 is 1.80 bits per heavy atom. The van der Waals surface area contributed by atoms with Crippen LogP contribution in [0.15, 0.2) is 0 Å². The predicted molar refractivity (Wildman–Crippen MR) is 36.1 cm³/mol. The van der Waals surface area contributed by atoms with Crippen LogP contribution in [0.4, 0.5) is 0 Å². The smallest absolute Gasteiger partial charge is 0.321 e. The monoisotopic (exact) mass is 167 g/mol. The minimum atomic E-state index is -2.06. The van der Waals surface area contributed by atoms with Crippen molar-refractivity contribution in [2.24, 2.45) is 0 Å². The van der Waals surface area contributed by atoms with Gasteiger partial charge in [0.1, 0.15) is 6.04 Å². The average Bonchev–Trinajstić information content (AvgIpc) is 1.81. The summed E-state index contributed by atoms with van der Waals surface area (Å²) in [6.45, 7) is 0. The number of nitrogens with one attached hydrogen (secondary N) is 1. The van der Waals surface area contributed by atoms with Crippen LogP contribution in [0.2, 0.25) is 0 Å². The predicted octanol–water partition coefficient (Wildman–Crippen LogP) is -1.12. The highest BCUT2D eigenvalue weighted by atomic mass is 32.2. The zero-order valence-electron chi connectivity index (χ0n) is 5.40. The van der Waals surface area contributed by atoms with Gasteiger partial charge in [-0.25, -0.2) is 4.21 Å². The Hall–Kier alpha value is -0.460. The highest BCUT2D eigenvalue weighted by Gasteiger charge is 2.16. The van der Waals surface area contributed by atoms with Crippen molar-refractivity contribution < 1.29 is 18.7 Å². The number of hydrogen-bond donors (Lipinski definition) is 3. The topological polar surface area (TPSA) is 86.6 Å². The Balaban J connectivity index is 3.83. The van der Waals surface area contributed by atoms with Gasteiger partial charge in [-0.1, -0.05) is 0 Å². The summed E-state index contributed by atoms with van der Waals surface area (Å²) in [5, 5.41) is 10.7. The lowest BCUT2D eigenvalue weighted by Gasteiger charge is -2.06. The fraction of sp³-hybridized carbons (Fsp3) is 0.750. The third kappa shape index (κ3) is 3.54. The molecule has 10 heavy (non-hydrogen) atoms. The summed E-state index contributed by atoms with van der Waals surface area (Å²) in [6, 6.07) is -0.939. The van der Waals surface area contributed by atoms with Crippen LogP contribution in [0.3, 0.4) is 0 Å². The molecule has 60 valence electrons. The molecule has 0 heterocycles. The van der Waals surface area contributed by atoms with Crippen molar-refractivity contribution in [1.29, 1.82) is 0 Å². The first-order chi connectivity index (χ1) is 4.57. The van der Waals surface area contributed by atoms with Crippen LogP contribution in [0.1, 0.15) is 0 Å². The van der Waals surface area contributed by atoms with Gasteiger partial charge < -0.3 is 15.0 Å². The van der Waals surface area contributed by atoms with Crippen LogP contribution >= 0.6 is 0 Å². The highest BCUT2D eigenvalue weighted by molar-refractivity contribution is 7.79. The molecule has 0 rings (SSSR count). The Kier molecular flexibility index (Phi) is 4.17. The number of carboxylic acid groups (broad SMARTS) is 1. The van der Waals surface area contributed by atoms with E-state index >= 15 is 0 Å². The van der Waals surface area contributed by atoms with Gasteiger partial charge in [0.15, 0.2) is 11.1 Å². The summed E-state index contributed by atoms with van der Waals surface area (Å²) >= 11 is -2.06. The van der Waals surface area contributed by atoms with E-state index in [9.17, 15) is 9.00 Å². The molecule has 0 saturated heterocycles. The van der Waals surface area contributed by atoms with Crippen molar-refractivity contribution in [2.75, 3.05) is 12.8 Å². The lowest BCUT2D eigenvalue weighted by atomic mass is 10.3. The molecule has 0 spiro atoms. The molecule has 0 aliphatic carbocycles. The second-order valence-corrected chi connectivity index (χ2v) is 2.64.